The van der Waals surface area contributed by atoms with Gasteiger partial charge in [-0.25, -0.2) is 0 Å². The summed E-state index contributed by atoms with van der Waals surface area (Å²) in [4.78, 5) is 24.2. The minimum Gasteiger partial charge on any atom is -0.456 e. The number of nitrogens with one attached hydrogen (secondary N) is 2. The van der Waals surface area contributed by atoms with Crippen molar-refractivity contribution >= 4 is 17.5 Å². The van der Waals surface area contributed by atoms with Gasteiger partial charge in [-0.1, -0.05) is 6.92 Å². The van der Waals surface area contributed by atoms with Gasteiger partial charge in [-0.2, -0.15) is 0 Å². The number of aryl methyl sites for hydroxylation is 2. The smallest absolute Gasteiger partial charge is 0.291 e. The van der Waals surface area contributed by atoms with Crippen molar-refractivity contribution in [3.8, 4) is 0 Å². The van der Waals surface area contributed by atoms with Gasteiger partial charge in [-0.3, -0.25) is 9.59 Å². The Bertz CT molecular complexity index is 717. The van der Waals surface area contributed by atoms with Crippen molar-refractivity contribution in [3.05, 3.63) is 53.0 Å². The normalized spacial score (nSPS) is 10.7. The van der Waals surface area contributed by atoms with Gasteiger partial charge in [-0.05, 0) is 56.7 Å². The molecule has 1 aromatic heterocycles. The van der Waals surface area contributed by atoms with E-state index in [1.54, 1.807) is 30.3 Å². The lowest BCUT2D eigenvalue weighted by molar-refractivity contribution is 0.0941. The summed E-state index contributed by atoms with van der Waals surface area (Å²) in [7, 11) is 0. The molecule has 0 radical (unpaired) electrons. The lowest BCUT2D eigenvalue weighted by Gasteiger charge is -2.12. The van der Waals surface area contributed by atoms with Crippen LogP contribution in [0.25, 0.3) is 0 Å². The Morgan fingerprint density at radius 1 is 1.13 bits per heavy atom. The molecule has 0 fully saturated rings. The summed E-state index contributed by atoms with van der Waals surface area (Å²) in [5.41, 5.74) is 2.03. The number of hydrogen-bond donors (Lipinski definition) is 2. The molecule has 0 aliphatic heterocycles. The number of carbonyl (C=O) groups excluding carboxylic acids is 2. The van der Waals surface area contributed by atoms with Gasteiger partial charge in [0.05, 0.1) is 0 Å². The molecule has 23 heavy (non-hydrogen) atoms. The van der Waals surface area contributed by atoms with Gasteiger partial charge in [0.2, 0.25) is 0 Å². The number of carbonyl (C=O) groups is 2. The Morgan fingerprint density at radius 2 is 1.87 bits per heavy atom. The number of benzene rings is 1. The molecule has 0 bridgehead atoms. The van der Waals surface area contributed by atoms with Crippen molar-refractivity contribution in [2.45, 2.75) is 40.2 Å². The van der Waals surface area contributed by atoms with E-state index < -0.39 is 0 Å². The van der Waals surface area contributed by atoms with Crippen LogP contribution < -0.4 is 10.6 Å². The number of amides is 2. The molecule has 5 heteroatoms. The van der Waals surface area contributed by atoms with Gasteiger partial charge >= 0.3 is 0 Å². The largest absolute Gasteiger partial charge is 0.456 e. The topological polar surface area (TPSA) is 71.3 Å². The van der Waals surface area contributed by atoms with E-state index in [9.17, 15) is 9.59 Å². The van der Waals surface area contributed by atoms with E-state index in [-0.39, 0.29) is 23.6 Å². The van der Waals surface area contributed by atoms with Crippen molar-refractivity contribution in [1.82, 2.24) is 5.32 Å². The summed E-state index contributed by atoms with van der Waals surface area (Å²) < 4.78 is 5.43. The maximum atomic E-state index is 12.1. The molecule has 2 amide bonds. The van der Waals surface area contributed by atoms with Crippen molar-refractivity contribution in [2.75, 3.05) is 5.32 Å². The third-order valence-corrected chi connectivity index (χ3v) is 3.38. The van der Waals surface area contributed by atoms with Crippen LogP contribution in [-0.2, 0) is 6.42 Å². The minimum atomic E-state index is -0.302. The van der Waals surface area contributed by atoms with Crippen molar-refractivity contribution in [1.29, 1.82) is 0 Å². The van der Waals surface area contributed by atoms with E-state index in [1.807, 2.05) is 27.7 Å². The monoisotopic (exact) mass is 314 g/mol. The van der Waals surface area contributed by atoms with E-state index in [1.165, 1.54) is 0 Å². The number of anilines is 1. The molecule has 0 spiro atoms. The summed E-state index contributed by atoms with van der Waals surface area (Å²) in [5.74, 6) is 0.630. The van der Waals surface area contributed by atoms with Crippen LogP contribution in [0.1, 0.15) is 53.0 Å². The van der Waals surface area contributed by atoms with Crippen LogP contribution in [0.2, 0.25) is 0 Å². The highest BCUT2D eigenvalue weighted by Gasteiger charge is 2.14. The Hall–Kier alpha value is -2.56. The number of furan rings is 1. The van der Waals surface area contributed by atoms with Crippen LogP contribution in [0.5, 0.6) is 0 Å². The quantitative estimate of drug-likeness (QED) is 0.886. The molecule has 2 aromatic rings. The zero-order valence-electron chi connectivity index (χ0n) is 13.9. The first kappa shape index (κ1) is 16.8. The molecule has 1 heterocycles. The molecule has 122 valence electrons. The van der Waals surface area contributed by atoms with Gasteiger partial charge in [-0.15, -0.1) is 0 Å². The predicted octanol–water partition coefficient (Wildman–Crippen LogP) is 3.54. The summed E-state index contributed by atoms with van der Waals surface area (Å²) >= 11 is 0. The minimum absolute atomic E-state index is 0.0768. The average molecular weight is 314 g/mol. The fraction of sp³-hybridized carbons (Fsp3) is 0.333. The molecular weight excluding hydrogens is 292 g/mol. The maximum absolute atomic E-state index is 12.1. The lowest BCUT2D eigenvalue weighted by atomic mass is 10.1. The zero-order valence-corrected chi connectivity index (χ0v) is 13.9. The van der Waals surface area contributed by atoms with Crippen LogP contribution >= 0.6 is 0 Å². The van der Waals surface area contributed by atoms with E-state index in [4.69, 9.17) is 4.42 Å². The van der Waals surface area contributed by atoms with Gasteiger partial charge in [0.25, 0.3) is 11.8 Å². The fourth-order valence-corrected chi connectivity index (χ4v) is 2.22. The van der Waals surface area contributed by atoms with Gasteiger partial charge in [0, 0.05) is 23.7 Å². The summed E-state index contributed by atoms with van der Waals surface area (Å²) in [6, 6.07) is 8.72. The fourth-order valence-electron chi connectivity index (χ4n) is 2.22. The van der Waals surface area contributed by atoms with Crippen molar-refractivity contribution < 1.29 is 14.0 Å². The van der Waals surface area contributed by atoms with E-state index >= 15 is 0 Å². The Kier molecular flexibility index (Phi) is 5.21. The molecule has 0 saturated carbocycles. The second kappa shape index (κ2) is 7.13. The van der Waals surface area contributed by atoms with Crippen molar-refractivity contribution in [3.63, 3.8) is 0 Å². The SMILES string of the molecule is CCc1ccc(C(=O)Nc2ccc(C(=O)NC(C)C)c(C)c2)o1. The molecule has 0 unspecified atom stereocenters. The predicted molar refractivity (Wildman–Crippen MR) is 89.8 cm³/mol. The summed E-state index contributed by atoms with van der Waals surface area (Å²) in [5, 5.41) is 5.63. The van der Waals surface area contributed by atoms with Gasteiger partial charge in [0.1, 0.15) is 5.76 Å². The first-order chi connectivity index (χ1) is 10.9. The molecular formula is C18H22N2O3. The lowest BCUT2D eigenvalue weighted by Crippen LogP contribution is -2.30. The average Bonchev–Trinajstić information content (AvgIpc) is 2.95. The molecule has 0 saturated heterocycles. The first-order valence-corrected chi connectivity index (χ1v) is 7.72. The van der Waals surface area contributed by atoms with Crippen molar-refractivity contribution in [2.24, 2.45) is 0 Å². The highest BCUT2D eigenvalue weighted by atomic mass is 16.3. The second-order valence-electron chi connectivity index (χ2n) is 5.73. The number of rotatable bonds is 5. The van der Waals surface area contributed by atoms with Crippen LogP contribution in [0.15, 0.2) is 34.7 Å². The van der Waals surface area contributed by atoms with E-state index in [0.29, 0.717) is 11.3 Å². The molecule has 5 nitrogen and oxygen atoms in total. The molecule has 2 N–H and O–H groups in total. The van der Waals surface area contributed by atoms with Crippen LogP contribution in [0.3, 0.4) is 0 Å². The first-order valence-electron chi connectivity index (χ1n) is 7.72. The highest BCUT2D eigenvalue weighted by molar-refractivity contribution is 6.03. The van der Waals surface area contributed by atoms with Crippen LogP contribution in [0, 0.1) is 6.92 Å². The van der Waals surface area contributed by atoms with Gasteiger partial charge in [0.15, 0.2) is 5.76 Å². The molecule has 0 aliphatic carbocycles. The van der Waals surface area contributed by atoms with Gasteiger partial charge < -0.3 is 15.1 Å². The standard InChI is InChI=1S/C18H22N2O3/c1-5-14-7-9-16(23-14)18(22)20-13-6-8-15(12(4)10-13)17(21)19-11(2)3/h6-11H,5H2,1-4H3,(H,19,21)(H,20,22). The maximum Gasteiger partial charge on any atom is 0.291 e. The third-order valence-electron chi connectivity index (χ3n) is 3.38. The third kappa shape index (κ3) is 4.22. The molecule has 1 aromatic carbocycles. The summed E-state index contributed by atoms with van der Waals surface area (Å²) in [6.07, 6.45) is 0.742. The Balaban J connectivity index is 2.11. The summed E-state index contributed by atoms with van der Waals surface area (Å²) in [6.45, 7) is 7.63. The zero-order chi connectivity index (χ0) is 17.0. The Labute approximate surface area is 136 Å². The molecule has 0 atom stereocenters. The number of hydrogen-bond acceptors (Lipinski definition) is 3. The highest BCUT2D eigenvalue weighted by Crippen LogP contribution is 2.17. The Morgan fingerprint density at radius 3 is 2.43 bits per heavy atom. The second-order valence-corrected chi connectivity index (χ2v) is 5.73. The van der Waals surface area contributed by atoms with Crippen LogP contribution in [0.4, 0.5) is 5.69 Å². The van der Waals surface area contributed by atoms with E-state index in [0.717, 1.165) is 17.7 Å². The van der Waals surface area contributed by atoms with Crippen LogP contribution in [-0.4, -0.2) is 17.9 Å². The molecule has 0 aliphatic rings. The van der Waals surface area contributed by atoms with E-state index in [2.05, 4.69) is 10.6 Å². The molecule has 2 rings (SSSR count).